The number of carbonyl (C=O) groups is 1. The van der Waals surface area contributed by atoms with Crippen molar-refractivity contribution in [2.24, 2.45) is 5.92 Å². The van der Waals surface area contributed by atoms with E-state index in [9.17, 15) is 14.3 Å². The quantitative estimate of drug-likeness (QED) is 0.921. The minimum absolute atomic E-state index is 0.0117. The highest BCUT2D eigenvalue weighted by Gasteiger charge is 2.46. The van der Waals surface area contributed by atoms with Gasteiger partial charge in [0.05, 0.1) is 5.60 Å². The van der Waals surface area contributed by atoms with Crippen LogP contribution in [0.4, 0.5) is 4.39 Å². The highest BCUT2D eigenvalue weighted by Crippen LogP contribution is 2.48. The number of benzene rings is 1. The largest absolute Gasteiger partial charge is 0.389 e. The van der Waals surface area contributed by atoms with Crippen LogP contribution in [0.3, 0.4) is 0 Å². The minimum Gasteiger partial charge on any atom is -0.389 e. The lowest BCUT2D eigenvalue weighted by Crippen LogP contribution is -2.52. The summed E-state index contributed by atoms with van der Waals surface area (Å²) in [5.74, 6) is 0.147. The van der Waals surface area contributed by atoms with Crippen LogP contribution in [-0.4, -0.2) is 59.1 Å². The smallest absolute Gasteiger partial charge is 0.226 e. The first-order valence-corrected chi connectivity index (χ1v) is 8.32. The molecule has 0 unspecified atom stereocenters. The van der Waals surface area contributed by atoms with Crippen molar-refractivity contribution < 1.29 is 14.3 Å². The molecule has 0 bridgehead atoms. The van der Waals surface area contributed by atoms with Crippen LogP contribution in [0.2, 0.25) is 0 Å². The van der Waals surface area contributed by atoms with E-state index in [0.29, 0.717) is 19.6 Å². The highest BCUT2D eigenvalue weighted by molar-refractivity contribution is 5.83. The zero-order valence-corrected chi connectivity index (χ0v) is 13.8. The van der Waals surface area contributed by atoms with Gasteiger partial charge in [-0.15, -0.1) is 0 Å². The summed E-state index contributed by atoms with van der Waals surface area (Å²) in [6.07, 6.45) is 0.826. The molecular weight excluding hydrogens is 295 g/mol. The first-order valence-electron chi connectivity index (χ1n) is 8.32. The van der Waals surface area contributed by atoms with Gasteiger partial charge in [-0.1, -0.05) is 12.1 Å². The van der Waals surface area contributed by atoms with Gasteiger partial charge in [0.25, 0.3) is 0 Å². The van der Waals surface area contributed by atoms with Gasteiger partial charge in [-0.25, -0.2) is 4.39 Å². The van der Waals surface area contributed by atoms with Crippen molar-refractivity contribution in [1.29, 1.82) is 0 Å². The molecule has 1 aromatic carbocycles. The van der Waals surface area contributed by atoms with E-state index in [0.717, 1.165) is 25.1 Å². The molecular formula is C18H25FN2O2. The van der Waals surface area contributed by atoms with E-state index in [1.54, 1.807) is 26.0 Å². The van der Waals surface area contributed by atoms with Crippen LogP contribution in [0.5, 0.6) is 0 Å². The van der Waals surface area contributed by atoms with Gasteiger partial charge in [0, 0.05) is 38.6 Å². The molecule has 0 aromatic heterocycles. The molecule has 1 saturated carbocycles. The van der Waals surface area contributed by atoms with Crippen molar-refractivity contribution in [3.05, 3.63) is 35.6 Å². The molecule has 23 heavy (non-hydrogen) atoms. The Kier molecular flexibility index (Phi) is 4.43. The fraction of sp³-hybridized carbons (Fsp3) is 0.611. The fourth-order valence-corrected chi connectivity index (χ4v) is 3.48. The second-order valence-corrected chi connectivity index (χ2v) is 7.42. The van der Waals surface area contributed by atoms with Crippen molar-refractivity contribution in [3.8, 4) is 0 Å². The average molecular weight is 320 g/mol. The highest BCUT2D eigenvalue weighted by atomic mass is 19.1. The van der Waals surface area contributed by atoms with Crippen molar-refractivity contribution in [2.45, 2.75) is 31.8 Å². The topological polar surface area (TPSA) is 43.8 Å². The van der Waals surface area contributed by atoms with Crippen LogP contribution in [0.25, 0.3) is 0 Å². The van der Waals surface area contributed by atoms with Crippen LogP contribution in [0.1, 0.15) is 31.7 Å². The summed E-state index contributed by atoms with van der Waals surface area (Å²) in [6, 6.07) is 6.59. The standard InChI is InChI=1S/C18H25FN2O2/c1-18(2,23)12-20-6-8-21(9-7-20)17(22)16-11-15(16)13-4-3-5-14(19)10-13/h3-5,10,15-16,23H,6-9,11-12H2,1-2H3/t15-,16+/m0/s1. The number of rotatable bonds is 4. The third-order valence-corrected chi connectivity index (χ3v) is 4.68. The number of piperazine rings is 1. The summed E-state index contributed by atoms with van der Waals surface area (Å²) >= 11 is 0. The summed E-state index contributed by atoms with van der Waals surface area (Å²) in [4.78, 5) is 16.7. The molecule has 1 heterocycles. The molecule has 0 spiro atoms. The lowest BCUT2D eigenvalue weighted by molar-refractivity contribution is -0.134. The van der Waals surface area contributed by atoms with E-state index < -0.39 is 5.60 Å². The Hall–Kier alpha value is -1.46. The van der Waals surface area contributed by atoms with Gasteiger partial charge in [-0.2, -0.15) is 0 Å². The molecule has 3 rings (SSSR count). The van der Waals surface area contributed by atoms with E-state index in [1.807, 2.05) is 11.0 Å². The van der Waals surface area contributed by atoms with Crippen molar-refractivity contribution >= 4 is 5.91 Å². The number of halogens is 1. The van der Waals surface area contributed by atoms with Crippen LogP contribution in [-0.2, 0) is 4.79 Å². The van der Waals surface area contributed by atoms with E-state index >= 15 is 0 Å². The van der Waals surface area contributed by atoms with Gasteiger partial charge in [-0.3, -0.25) is 9.69 Å². The van der Waals surface area contributed by atoms with Crippen LogP contribution in [0.15, 0.2) is 24.3 Å². The molecule has 2 atom stereocenters. The number of amides is 1. The second kappa shape index (κ2) is 6.21. The summed E-state index contributed by atoms with van der Waals surface area (Å²) in [5.41, 5.74) is 0.231. The summed E-state index contributed by atoms with van der Waals surface area (Å²) in [5, 5.41) is 9.87. The van der Waals surface area contributed by atoms with Crippen molar-refractivity contribution in [2.75, 3.05) is 32.7 Å². The second-order valence-electron chi connectivity index (χ2n) is 7.42. The molecule has 0 radical (unpaired) electrons. The predicted molar refractivity (Wildman–Crippen MR) is 86.6 cm³/mol. The zero-order valence-electron chi connectivity index (χ0n) is 13.8. The molecule has 2 aliphatic rings. The number of β-amino-alcohol motifs (C(OH)–C–C–N with tert-alkyl or cyclic N) is 1. The van der Waals surface area contributed by atoms with Crippen LogP contribution >= 0.6 is 0 Å². The SMILES string of the molecule is CC(C)(O)CN1CCN(C(=O)[C@@H]2C[C@H]2c2cccc(F)c2)CC1. The lowest BCUT2D eigenvalue weighted by atomic mass is 10.1. The maximum Gasteiger partial charge on any atom is 0.226 e. The van der Waals surface area contributed by atoms with Gasteiger partial charge in [-0.05, 0) is 43.9 Å². The summed E-state index contributed by atoms with van der Waals surface area (Å²) in [6.45, 7) is 7.25. The lowest BCUT2D eigenvalue weighted by Gasteiger charge is -2.37. The number of hydrogen-bond acceptors (Lipinski definition) is 3. The number of carbonyl (C=O) groups excluding carboxylic acids is 1. The Balaban J connectivity index is 1.51. The zero-order chi connectivity index (χ0) is 16.6. The van der Waals surface area contributed by atoms with Crippen LogP contribution in [0, 0.1) is 11.7 Å². The van der Waals surface area contributed by atoms with Crippen molar-refractivity contribution in [3.63, 3.8) is 0 Å². The molecule has 4 nitrogen and oxygen atoms in total. The maximum atomic E-state index is 13.3. The van der Waals surface area contributed by atoms with E-state index in [-0.39, 0.29) is 23.6 Å². The summed E-state index contributed by atoms with van der Waals surface area (Å²) < 4.78 is 13.3. The van der Waals surface area contributed by atoms with Gasteiger partial charge in [0.2, 0.25) is 5.91 Å². The molecule has 126 valence electrons. The molecule has 1 aliphatic carbocycles. The Labute approximate surface area is 136 Å². The molecule has 2 fully saturated rings. The number of nitrogens with zero attached hydrogens (tertiary/aromatic N) is 2. The van der Waals surface area contributed by atoms with Gasteiger partial charge >= 0.3 is 0 Å². The van der Waals surface area contributed by atoms with E-state index in [1.165, 1.54) is 6.07 Å². The van der Waals surface area contributed by atoms with Gasteiger partial charge in [0.15, 0.2) is 0 Å². The normalized spacial score (nSPS) is 25.5. The Bertz CT molecular complexity index is 577. The monoisotopic (exact) mass is 320 g/mol. The Morgan fingerprint density at radius 3 is 2.61 bits per heavy atom. The van der Waals surface area contributed by atoms with Crippen molar-refractivity contribution in [1.82, 2.24) is 9.80 Å². The van der Waals surface area contributed by atoms with Crippen LogP contribution < -0.4 is 0 Å². The third-order valence-electron chi connectivity index (χ3n) is 4.68. The maximum absolute atomic E-state index is 13.3. The predicted octanol–water partition coefficient (Wildman–Crippen LogP) is 1.84. The minimum atomic E-state index is -0.703. The first-order chi connectivity index (χ1) is 10.8. The Morgan fingerprint density at radius 2 is 2.00 bits per heavy atom. The third kappa shape index (κ3) is 4.09. The molecule has 1 aliphatic heterocycles. The molecule has 5 heteroatoms. The average Bonchev–Trinajstić information content (AvgIpc) is 3.26. The van der Waals surface area contributed by atoms with Gasteiger partial charge < -0.3 is 10.0 Å². The molecule has 1 saturated heterocycles. The fourth-order valence-electron chi connectivity index (χ4n) is 3.48. The van der Waals surface area contributed by atoms with Gasteiger partial charge in [0.1, 0.15) is 5.82 Å². The first kappa shape index (κ1) is 16.4. The Morgan fingerprint density at radius 1 is 1.30 bits per heavy atom. The molecule has 1 aromatic rings. The number of aliphatic hydroxyl groups is 1. The molecule has 1 amide bonds. The molecule has 1 N–H and O–H groups in total. The number of hydrogen-bond donors (Lipinski definition) is 1. The van der Waals surface area contributed by atoms with E-state index in [2.05, 4.69) is 4.90 Å². The summed E-state index contributed by atoms with van der Waals surface area (Å²) in [7, 11) is 0. The van der Waals surface area contributed by atoms with E-state index in [4.69, 9.17) is 0 Å².